The number of hydrogen-bond acceptors (Lipinski definition) is 3. The molecule has 21 heavy (non-hydrogen) atoms. The van der Waals surface area contributed by atoms with E-state index in [1.165, 1.54) is 6.07 Å². The van der Waals surface area contributed by atoms with E-state index in [2.05, 4.69) is 10.3 Å². The smallest absolute Gasteiger partial charge is 0.150 e. The van der Waals surface area contributed by atoms with Gasteiger partial charge >= 0.3 is 0 Å². The molecule has 3 N–H and O–H groups in total. The van der Waals surface area contributed by atoms with E-state index in [4.69, 9.17) is 28.9 Å². The number of nitrogens with one attached hydrogen (secondary N) is 1. The number of aromatic nitrogens is 1. The molecular weight excluding hydrogens is 312 g/mol. The molecule has 1 aromatic heterocycles. The minimum absolute atomic E-state index is 0.212. The Kier molecular flexibility index (Phi) is 3.57. The highest BCUT2D eigenvalue weighted by molar-refractivity contribution is 6.35. The van der Waals surface area contributed by atoms with Crippen molar-refractivity contribution >= 4 is 51.2 Å². The summed E-state index contributed by atoms with van der Waals surface area (Å²) in [4.78, 5) is 4.19. The van der Waals surface area contributed by atoms with Gasteiger partial charge in [-0.2, -0.15) is 0 Å². The van der Waals surface area contributed by atoms with E-state index in [1.807, 2.05) is 0 Å². The van der Waals surface area contributed by atoms with E-state index in [9.17, 15) is 4.39 Å². The molecule has 6 heteroatoms. The molecule has 0 amide bonds. The molecule has 3 nitrogen and oxygen atoms in total. The van der Waals surface area contributed by atoms with E-state index in [0.29, 0.717) is 32.3 Å². The fourth-order valence-corrected chi connectivity index (χ4v) is 2.42. The minimum atomic E-state index is -0.505. The number of rotatable bonds is 2. The summed E-state index contributed by atoms with van der Waals surface area (Å²) in [7, 11) is 0. The molecule has 3 aromatic rings. The van der Waals surface area contributed by atoms with Crippen molar-refractivity contribution in [3.8, 4) is 0 Å². The fraction of sp³-hybridized carbons (Fsp3) is 0. The Morgan fingerprint density at radius 1 is 1.14 bits per heavy atom. The Labute approximate surface area is 130 Å². The molecule has 0 unspecified atom stereocenters. The summed E-state index contributed by atoms with van der Waals surface area (Å²) in [5.74, 6) is -0.505. The van der Waals surface area contributed by atoms with Crippen LogP contribution in [-0.4, -0.2) is 4.98 Å². The first-order chi connectivity index (χ1) is 10.1. The van der Waals surface area contributed by atoms with Gasteiger partial charge in [0.15, 0.2) is 5.82 Å². The highest BCUT2D eigenvalue weighted by Crippen LogP contribution is 2.34. The first kappa shape index (κ1) is 13.9. The summed E-state index contributed by atoms with van der Waals surface area (Å²) >= 11 is 12.0. The summed E-state index contributed by atoms with van der Waals surface area (Å²) in [6, 6.07) is 9.69. The lowest BCUT2D eigenvalue weighted by Gasteiger charge is -2.13. The first-order valence-electron chi connectivity index (χ1n) is 6.11. The van der Waals surface area contributed by atoms with Crippen LogP contribution < -0.4 is 11.1 Å². The van der Waals surface area contributed by atoms with Crippen molar-refractivity contribution in [3.63, 3.8) is 0 Å². The van der Waals surface area contributed by atoms with Crippen molar-refractivity contribution in [2.75, 3.05) is 11.1 Å². The number of pyridine rings is 1. The number of hydrogen-bond donors (Lipinski definition) is 2. The van der Waals surface area contributed by atoms with Crippen LogP contribution in [0.25, 0.3) is 10.9 Å². The van der Waals surface area contributed by atoms with E-state index in [0.717, 1.165) is 0 Å². The number of nitrogens with two attached hydrogens (primary N) is 1. The van der Waals surface area contributed by atoms with Crippen LogP contribution in [0, 0.1) is 5.82 Å². The fourth-order valence-electron chi connectivity index (χ4n) is 2.08. The molecule has 0 radical (unpaired) electrons. The number of fused-ring (bicyclic) bond motifs is 1. The second-order valence-electron chi connectivity index (χ2n) is 4.47. The van der Waals surface area contributed by atoms with Gasteiger partial charge in [0, 0.05) is 22.3 Å². The molecule has 0 saturated carbocycles. The van der Waals surface area contributed by atoms with Gasteiger partial charge in [-0.15, -0.1) is 0 Å². The molecule has 106 valence electrons. The molecule has 0 aliphatic heterocycles. The van der Waals surface area contributed by atoms with Gasteiger partial charge < -0.3 is 11.1 Å². The quantitative estimate of drug-likeness (QED) is 0.652. The van der Waals surface area contributed by atoms with E-state index >= 15 is 0 Å². The van der Waals surface area contributed by atoms with Crippen molar-refractivity contribution in [1.29, 1.82) is 0 Å². The van der Waals surface area contributed by atoms with Gasteiger partial charge in [-0.05, 0) is 36.4 Å². The van der Waals surface area contributed by atoms with Crippen molar-refractivity contribution in [2.45, 2.75) is 0 Å². The molecule has 0 aliphatic carbocycles. The number of benzene rings is 2. The lowest BCUT2D eigenvalue weighted by Crippen LogP contribution is -2.00. The average molecular weight is 322 g/mol. The van der Waals surface area contributed by atoms with Crippen LogP contribution in [0.4, 0.5) is 21.5 Å². The van der Waals surface area contributed by atoms with E-state index in [1.54, 1.807) is 36.5 Å². The first-order valence-corrected chi connectivity index (χ1v) is 6.86. The third-order valence-corrected chi connectivity index (χ3v) is 3.63. The SMILES string of the molecule is Nc1cc(F)c(Nc2cc(Cl)ccc2Cl)c2ncccc12. The Bertz CT molecular complexity index is 837. The number of nitrogen functional groups attached to an aromatic ring is 1. The van der Waals surface area contributed by atoms with Gasteiger partial charge in [-0.1, -0.05) is 23.2 Å². The van der Waals surface area contributed by atoms with E-state index in [-0.39, 0.29) is 5.69 Å². The molecule has 1 heterocycles. The van der Waals surface area contributed by atoms with Gasteiger partial charge in [0.05, 0.1) is 16.2 Å². The summed E-state index contributed by atoms with van der Waals surface area (Å²) in [5.41, 5.74) is 7.30. The Hall–Kier alpha value is -2.04. The van der Waals surface area contributed by atoms with Crippen molar-refractivity contribution in [1.82, 2.24) is 4.98 Å². The van der Waals surface area contributed by atoms with Crippen molar-refractivity contribution in [2.24, 2.45) is 0 Å². The monoisotopic (exact) mass is 321 g/mol. The second kappa shape index (κ2) is 5.39. The zero-order valence-electron chi connectivity index (χ0n) is 10.7. The van der Waals surface area contributed by atoms with Gasteiger partial charge in [0.25, 0.3) is 0 Å². The molecule has 0 fully saturated rings. The summed E-state index contributed by atoms with van der Waals surface area (Å²) in [6.07, 6.45) is 1.58. The molecule has 2 aromatic carbocycles. The van der Waals surface area contributed by atoms with Gasteiger partial charge in [0.2, 0.25) is 0 Å². The van der Waals surface area contributed by atoms with Crippen LogP contribution in [0.1, 0.15) is 0 Å². The maximum absolute atomic E-state index is 14.2. The normalized spacial score (nSPS) is 10.8. The molecule has 0 spiro atoms. The van der Waals surface area contributed by atoms with E-state index < -0.39 is 5.82 Å². The number of nitrogens with zero attached hydrogens (tertiary/aromatic N) is 1. The Balaban J connectivity index is 2.19. The van der Waals surface area contributed by atoms with Gasteiger partial charge in [-0.25, -0.2) is 4.39 Å². The highest BCUT2D eigenvalue weighted by Gasteiger charge is 2.13. The highest BCUT2D eigenvalue weighted by atomic mass is 35.5. The lowest BCUT2D eigenvalue weighted by molar-refractivity contribution is 0.634. The summed E-state index contributed by atoms with van der Waals surface area (Å²) in [6.45, 7) is 0. The van der Waals surface area contributed by atoms with Gasteiger partial charge in [0.1, 0.15) is 5.69 Å². The zero-order valence-corrected chi connectivity index (χ0v) is 12.2. The van der Waals surface area contributed by atoms with Crippen LogP contribution >= 0.6 is 23.2 Å². The molecule has 0 aliphatic rings. The van der Waals surface area contributed by atoms with Crippen LogP contribution in [-0.2, 0) is 0 Å². The molecule has 3 rings (SSSR count). The van der Waals surface area contributed by atoms with Crippen LogP contribution in [0.2, 0.25) is 10.0 Å². The summed E-state index contributed by atoms with van der Waals surface area (Å²) in [5, 5.41) is 4.53. The van der Waals surface area contributed by atoms with Crippen molar-refractivity contribution < 1.29 is 4.39 Å². The molecule has 0 atom stereocenters. The van der Waals surface area contributed by atoms with Crippen LogP contribution in [0.5, 0.6) is 0 Å². The Morgan fingerprint density at radius 2 is 1.95 bits per heavy atom. The average Bonchev–Trinajstić information content (AvgIpc) is 2.47. The topological polar surface area (TPSA) is 50.9 Å². The third-order valence-electron chi connectivity index (χ3n) is 3.06. The van der Waals surface area contributed by atoms with Crippen molar-refractivity contribution in [3.05, 3.63) is 58.5 Å². The largest absolute Gasteiger partial charge is 0.398 e. The second-order valence-corrected chi connectivity index (χ2v) is 5.31. The zero-order chi connectivity index (χ0) is 15.0. The predicted octanol–water partition coefficient (Wildman–Crippen LogP) is 5.01. The van der Waals surface area contributed by atoms with Crippen LogP contribution in [0.15, 0.2) is 42.6 Å². The third kappa shape index (κ3) is 2.60. The molecular formula is C15H10Cl2FN3. The minimum Gasteiger partial charge on any atom is -0.398 e. The number of halogens is 3. The molecule has 0 bridgehead atoms. The number of anilines is 3. The maximum atomic E-state index is 14.2. The van der Waals surface area contributed by atoms with Gasteiger partial charge in [-0.3, -0.25) is 4.98 Å². The standard InChI is InChI=1S/C15H10Cl2FN3/c16-8-3-4-10(17)13(6-8)21-15-11(18)7-12(19)9-2-1-5-20-14(9)15/h1-7,21H,19H2. The van der Waals surface area contributed by atoms with Crippen LogP contribution in [0.3, 0.4) is 0 Å². The lowest BCUT2D eigenvalue weighted by atomic mass is 10.1. The predicted molar refractivity (Wildman–Crippen MR) is 85.9 cm³/mol. The maximum Gasteiger partial charge on any atom is 0.150 e. The Morgan fingerprint density at radius 3 is 2.76 bits per heavy atom. The summed E-state index contributed by atoms with van der Waals surface area (Å²) < 4.78 is 14.2. The molecule has 0 saturated heterocycles.